The number of rotatable bonds is 5. The zero-order valence-electron chi connectivity index (χ0n) is 17.2. The Morgan fingerprint density at radius 3 is 2.57 bits per heavy atom. The van der Waals surface area contributed by atoms with Crippen molar-refractivity contribution >= 4 is 33.0 Å². The number of benzene rings is 2. The average molecular weight is 483 g/mol. The third-order valence-electron chi connectivity index (χ3n) is 5.10. The van der Waals surface area contributed by atoms with E-state index in [-0.39, 0.29) is 5.56 Å². The van der Waals surface area contributed by atoms with Crippen LogP contribution in [0.15, 0.2) is 74.2 Å². The molecule has 0 aliphatic rings. The highest BCUT2D eigenvalue weighted by atomic mass is 79.9. The first-order valence-corrected chi connectivity index (χ1v) is 11.5. The van der Waals surface area contributed by atoms with Crippen molar-refractivity contribution < 1.29 is 0 Å². The second-order valence-corrected chi connectivity index (χ2v) is 8.84. The van der Waals surface area contributed by atoms with Gasteiger partial charge >= 0.3 is 0 Å². The Morgan fingerprint density at radius 2 is 1.87 bits per heavy atom. The molecule has 0 amide bonds. The van der Waals surface area contributed by atoms with E-state index in [1.807, 2.05) is 61.1 Å². The number of thiazole rings is 1. The van der Waals surface area contributed by atoms with E-state index in [0.29, 0.717) is 5.69 Å². The minimum Gasteiger partial charge on any atom is -0.316 e. The minimum atomic E-state index is -0.110. The molecule has 0 spiro atoms. The summed E-state index contributed by atoms with van der Waals surface area (Å²) in [5.74, 6) is 0. The SMILES string of the molecule is CCCn1c(-c2cccc(Br)c2)csc1=Nc1c(C)n(C)n(-c2ccccc2)c1=O. The highest BCUT2D eigenvalue weighted by Crippen LogP contribution is 2.24. The molecule has 0 aliphatic carbocycles. The van der Waals surface area contributed by atoms with E-state index in [1.165, 1.54) is 0 Å². The van der Waals surface area contributed by atoms with E-state index >= 15 is 0 Å². The molecular formula is C23H23BrN4OS. The maximum atomic E-state index is 13.2. The van der Waals surface area contributed by atoms with Crippen LogP contribution in [0.1, 0.15) is 19.0 Å². The van der Waals surface area contributed by atoms with Gasteiger partial charge in [0.1, 0.15) is 0 Å². The van der Waals surface area contributed by atoms with Crippen molar-refractivity contribution in [3.8, 4) is 16.9 Å². The van der Waals surface area contributed by atoms with Gasteiger partial charge in [-0.15, -0.1) is 11.3 Å². The van der Waals surface area contributed by atoms with Crippen molar-refractivity contribution in [1.82, 2.24) is 13.9 Å². The number of hydrogen-bond donors (Lipinski definition) is 0. The van der Waals surface area contributed by atoms with Crippen molar-refractivity contribution in [2.24, 2.45) is 12.0 Å². The molecule has 154 valence electrons. The fourth-order valence-corrected chi connectivity index (χ4v) is 4.86. The van der Waals surface area contributed by atoms with Gasteiger partial charge in [0, 0.05) is 29.0 Å². The number of para-hydroxylation sites is 1. The highest BCUT2D eigenvalue weighted by Gasteiger charge is 2.16. The van der Waals surface area contributed by atoms with E-state index in [2.05, 4.69) is 44.9 Å². The molecule has 4 aromatic rings. The Balaban J connectivity index is 1.90. The van der Waals surface area contributed by atoms with Crippen LogP contribution in [0.2, 0.25) is 0 Å². The molecule has 0 bridgehead atoms. The molecule has 0 fully saturated rings. The summed E-state index contributed by atoms with van der Waals surface area (Å²) < 4.78 is 6.77. The molecule has 0 unspecified atom stereocenters. The molecule has 0 N–H and O–H groups in total. The largest absolute Gasteiger partial charge is 0.316 e. The third kappa shape index (κ3) is 3.75. The lowest BCUT2D eigenvalue weighted by Gasteiger charge is -2.08. The van der Waals surface area contributed by atoms with Crippen LogP contribution in [0.5, 0.6) is 0 Å². The van der Waals surface area contributed by atoms with Gasteiger partial charge in [-0.3, -0.25) is 9.48 Å². The Hall–Kier alpha value is -2.64. The molecule has 0 saturated heterocycles. The normalized spacial score (nSPS) is 11.9. The fourth-order valence-electron chi connectivity index (χ4n) is 3.52. The second-order valence-electron chi connectivity index (χ2n) is 7.09. The van der Waals surface area contributed by atoms with Crippen LogP contribution < -0.4 is 10.4 Å². The summed E-state index contributed by atoms with van der Waals surface area (Å²) in [7, 11) is 1.89. The van der Waals surface area contributed by atoms with Crippen molar-refractivity contribution in [2.45, 2.75) is 26.8 Å². The van der Waals surface area contributed by atoms with E-state index < -0.39 is 0 Å². The summed E-state index contributed by atoms with van der Waals surface area (Å²) in [6.07, 6.45) is 0.979. The maximum absolute atomic E-state index is 13.2. The zero-order valence-corrected chi connectivity index (χ0v) is 19.6. The Morgan fingerprint density at radius 1 is 1.10 bits per heavy atom. The Labute approximate surface area is 187 Å². The number of halogens is 1. The van der Waals surface area contributed by atoms with Gasteiger partial charge in [0.15, 0.2) is 10.5 Å². The van der Waals surface area contributed by atoms with Gasteiger partial charge in [-0.2, -0.15) is 0 Å². The molecule has 4 rings (SSSR count). The Bertz CT molecular complexity index is 1310. The lowest BCUT2D eigenvalue weighted by Crippen LogP contribution is -2.20. The zero-order chi connectivity index (χ0) is 21.3. The smallest absolute Gasteiger partial charge is 0.297 e. The summed E-state index contributed by atoms with van der Waals surface area (Å²) in [6, 6.07) is 17.9. The first-order valence-electron chi connectivity index (χ1n) is 9.84. The molecule has 30 heavy (non-hydrogen) atoms. The van der Waals surface area contributed by atoms with Crippen LogP contribution >= 0.6 is 27.3 Å². The molecule has 2 aromatic carbocycles. The molecule has 0 atom stereocenters. The minimum absolute atomic E-state index is 0.110. The van der Waals surface area contributed by atoms with Crippen LogP contribution in [0.4, 0.5) is 5.69 Å². The summed E-state index contributed by atoms with van der Waals surface area (Å²) in [6.45, 7) is 4.92. The Kier molecular flexibility index (Phi) is 5.92. The van der Waals surface area contributed by atoms with Gasteiger partial charge < -0.3 is 4.57 Å². The van der Waals surface area contributed by atoms with Crippen LogP contribution in [0.25, 0.3) is 16.9 Å². The fraction of sp³-hybridized carbons (Fsp3) is 0.217. The van der Waals surface area contributed by atoms with Gasteiger partial charge in [0.25, 0.3) is 5.56 Å². The molecule has 5 nitrogen and oxygen atoms in total. The van der Waals surface area contributed by atoms with Crippen LogP contribution in [-0.4, -0.2) is 13.9 Å². The summed E-state index contributed by atoms with van der Waals surface area (Å²) in [4.78, 5) is 18.9. The van der Waals surface area contributed by atoms with Crippen molar-refractivity contribution in [3.05, 3.63) is 85.3 Å². The van der Waals surface area contributed by atoms with Gasteiger partial charge in [-0.1, -0.05) is 53.2 Å². The molecule has 7 heteroatoms. The summed E-state index contributed by atoms with van der Waals surface area (Å²) in [5.41, 5.74) is 4.28. The van der Waals surface area contributed by atoms with E-state index in [9.17, 15) is 4.79 Å². The highest BCUT2D eigenvalue weighted by molar-refractivity contribution is 9.10. The van der Waals surface area contributed by atoms with Crippen LogP contribution in [0, 0.1) is 6.92 Å². The first kappa shape index (κ1) is 20.6. The van der Waals surface area contributed by atoms with Gasteiger partial charge in [0.05, 0.1) is 17.1 Å². The van der Waals surface area contributed by atoms with Gasteiger partial charge in [0.2, 0.25) is 0 Å². The summed E-state index contributed by atoms with van der Waals surface area (Å²) >= 11 is 5.12. The van der Waals surface area contributed by atoms with Gasteiger partial charge in [-0.25, -0.2) is 9.67 Å². The second kappa shape index (κ2) is 8.62. The van der Waals surface area contributed by atoms with Crippen molar-refractivity contribution in [2.75, 3.05) is 0 Å². The predicted molar refractivity (Wildman–Crippen MR) is 127 cm³/mol. The van der Waals surface area contributed by atoms with Crippen LogP contribution in [0.3, 0.4) is 0 Å². The van der Waals surface area contributed by atoms with E-state index in [1.54, 1.807) is 16.0 Å². The molecule has 2 aromatic heterocycles. The first-order chi connectivity index (χ1) is 14.5. The third-order valence-corrected chi connectivity index (χ3v) is 6.45. The maximum Gasteiger partial charge on any atom is 0.297 e. The standard InChI is InChI=1S/C23H23BrN4OS/c1-4-13-27-20(17-9-8-10-18(24)14-17)15-30-23(27)25-21-16(2)26(3)28(22(21)29)19-11-6-5-7-12-19/h5-12,14-15H,4,13H2,1-3H3. The summed E-state index contributed by atoms with van der Waals surface area (Å²) in [5, 5.41) is 2.12. The van der Waals surface area contributed by atoms with Crippen LogP contribution in [-0.2, 0) is 13.6 Å². The average Bonchev–Trinajstić information content (AvgIpc) is 3.23. The molecule has 2 heterocycles. The molecule has 0 radical (unpaired) electrons. The predicted octanol–water partition coefficient (Wildman–Crippen LogP) is 5.42. The quantitative estimate of drug-likeness (QED) is 0.374. The van der Waals surface area contributed by atoms with Gasteiger partial charge in [-0.05, 0) is 37.6 Å². The van der Waals surface area contributed by atoms with E-state index in [4.69, 9.17) is 4.99 Å². The lowest BCUT2D eigenvalue weighted by molar-refractivity contribution is 0.630. The van der Waals surface area contributed by atoms with E-state index in [0.717, 1.165) is 44.9 Å². The number of aromatic nitrogens is 3. The molecule has 0 aliphatic heterocycles. The molecular weight excluding hydrogens is 460 g/mol. The molecule has 0 saturated carbocycles. The monoisotopic (exact) mass is 482 g/mol. The number of hydrogen-bond acceptors (Lipinski definition) is 3. The van der Waals surface area contributed by atoms with Crippen molar-refractivity contribution in [3.63, 3.8) is 0 Å². The topological polar surface area (TPSA) is 44.2 Å². The van der Waals surface area contributed by atoms with Crippen molar-refractivity contribution in [1.29, 1.82) is 0 Å². The number of nitrogens with zero attached hydrogens (tertiary/aromatic N) is 4. The lowest BCUT2D eigenvalue weighted by atomic mass is 10.2.